The van der Waals surface area contributed by atoms with Gasteiger partial charge in [-0.15, -0.1) is 0 Å². The van der Waals surface area contributed by atoms with Crippen LogP contribution in [0.5, 0.6) is 0 Å². The summed E-state index contributed by atoms with van der Waals surface area (Å²) >= 11 is 4.98. The first kappa shape index (κ1) is 12.7. The molecule has 0 radical (unpaired) electrons. The minimum atomic E-state index is -0.252. The van der Waals surface area contributed by atoms with Gasteiger partial charge in [0.15, 0.2) is 0 Å². The molecule has 0 saturated carbocycles. The van der Waals surface area contributed by atoms with Crippen molar-refractivity contribution in [3.8, 4) is 0 Å². The molecule has 0 amide bonds. The van der Waals surface area contributed by atoms with Gasteiger partial charge >= 0.3 is 0 Å². The molecule has 0 aliphatic rings. The summed E-state index contributed by atoms with van der Waals surface area (Å²) in [5, 5.41) is 4.04. The monoisotopic (exact) mass is 314 g/mol. The lowest BCUT2D eigenvalue weighted by molar-refractivity contribution is 0.508. The van der Waals surface area contributed by atoms with Crippen LogP contribution < -0.4 is 11.3 Å². The van der Waals surface area contributed by atoms with Crippen LogP contribution in [0.4, 0.5) is 4.39 Å². The highest BCUT2D eigenvalue weighted by Crippen LogP contribution is 2.28. The summed E-state index contributed by atoms with van der Waals surface area (Å²) in [4.78, 5) is 0. The number of rotatable bonds is 4. The molecule has 0 spiro atoms. The number of hydrogen-bond donors (Lipinski definition) is 2. The van der Waals surface area contributed by atoms with E-state index in [-0.39, 0.29) is 11.9 Å². The van der Waals surface area contributed by atoms with Gasteiger partial charge in [0.2, 0.25) is 0 Å². The van der Waals surface area contributed by atoms with Crippen LogP contribution in [0.3, 0.4) is 0 Å². The maximum atomic E-state index is 13.8. The van der Waals surface area contributed by atoms with Crippen molar-refractivity contribution in [3.63, 3.8) is 0 Å². The van der Waals surface area contributed by atoms with Crippen LogP contribution in [-0.4, -0.2) is 0 Å². The van der Waals surface area contributed by atoms with Gasteiger partial charge in [0.05, 0.1) is 6.04 Å². The van der Waals surface area contributed by atoms with Crippen molar-refractivity contribution in [1.29, 1.82) is 0 Å². The molecular weight excluding hydrogens is 303 g/mol. The van der Waals surface area contributed by atoms with Gasteiger partial charge in [-0.05, 0) is 40.9 Å². The molecule has 0 aliphatic heterocycles. The minimum Gasteiger partial charge on any atom is -0.271 e. The summed E-state index contributed by atoms with van der Waals surface area (Å²) in [5.74, 6) is 5.27. The van der Waals surface area contributed by atoms with Gasteiger partial charge in [-0.2, -0.15) is 11.3 Å². The van der Waals surface area contributed by atoms with Crippen molar-refractivity contribution in [2.75, 3.05) is 0 Å². The van der Waals surface area contributed by atoms with Gasteiger partial charge in [0.1, 0.15) is 5.82 Å². The molecule has 2 aromatic rings. The quantitative estimate of drug-likeness (QED) is 0.670. The fourth-order valence-corrected chi connectivity index (χ4v) is 3.03. The van der Waals surface area contributed by atoms with Gasteiger partial charge in [-0.1, -0.05) is 22.0 Å². The highest BCUT2D eigenvalue weighted by Gasteiger charge is 2.18. The topological polar surface area (TPSA) is 38.0 Å². The predicted octanol–water partition coefficient (Wildman–Crippen LogP) is 3.40. The predicted molar refractivity (Wildman–Crippen MR) is 72.2 cm³/mol. The van der Waals surface area contributed by atoms with Gasteiger partial charge in [-0.25, -0.2) is 4.39 Å². The SMILES string of the molecule is NNC(Cc1ccsc1)c1c(F)cccc1Br. The molecule has 1 aromatic heterocycles. The van der Waals surface area contributed by atoms with Crippen LogP contribution in [0.1, 0.15) is 17.2 Å². The number of hydrazine groups is 1. The van der Waals surface area contributed by atoms with Gasteiger partial charge in [0.25, 0.3) is 0 Å². The molecule has 5 heteroatoms. The van der Waals surface area contributed by atoms with E-state index in [0.717, 1.165) is 10.0 Å². The van der Waals surface area contributed by atoms with Crippen molar-refractivity contribution in [1.82, 2.24) is 5.43 Å². The van der Waals surface area contributed by atoms with Crippen LogP contribution in [0.2, 0.25) is 0 Å². The largest absolute Gasteiger partial charge is 0.271 e. The summed E-state index contributed by atoms with van der Waals surface area (Å²) in [7, 11) is 0. The Bertz CT molecular complexity index is 467. The molecule has 0 bridgehead atoms. The number of thiophene rings is 1. The summed E-state index contributed by atoms with van der Waals surface area (Å²) in [6, 6.07) is 6.71. The van der Waals surface area contributed by atoms with Crippen LogP contribution in [-0.2, 0) is 6.42 Å². The molecule has 0 saturated heterocycles. The van der Waals surface area contributed by atoms with E-state index in [2.05, 4.69) is 21.4 Å². The third-order valence-corrected chi connectivity index (χ3v) is 3.99. The van der Waals surface area contributed by atoms with E-state index in [1.807, 2.05) is 22.9 Å². The summed E-state index contributed by atoms with van der Waals surface area (Å²) in [6.07, 6.45) is 0.666. The van der Waals surface area contributed by atoms with Crippen LogP contribution >= 0.6 is 27.3 Å². The zero-order valence-electron chi connectivity index (χ0n) is 8.99. The molecule has 1 unspecified atom stereocenters. The van der Waals surface area contributed by atoms with E-state index >= 15 is 0 Å². The van der Waals surface area contributed by atoms with Crippen molar-refractivity contribution in [2.45, 2.75) is 12.5 Å². The Morgan fingerprint density at radius 1 is 1.41 bits per heavy atom. The molecule has 17 heavy (non-hydrogen) atoms. The number of hydrogen-bond acceptors (Lipinski definition) is 3. The lowest BCUT2D eigenvalue weighted by Gasteiger charge is -2.18. The first-order valence-corrected chi connectivity index (χ1v) is 6.87. The maximum Gasteiger partial charge on any atom is 0.129 e. The summed E-state index contributed by atoms with van der Waals surface area (Å²) in [6.45, 7) is 0. The molecular formula is C12H12BrFN2S. The van der Waals surface area contributed by atoms with E-state index in [1.165, 1.54) is 6.07 Å². The Hall–Kier alpha value is -0.750. The van der Waals surface area contributed by atoms with Gasteiger partial charge in [-0.3, -0.25) is 11.3 Å². The molecule has 2 rings (SSSR count). The zero-order chi connectivity index (χ0) is 12.3. The summed E-state index contributed by atoms with van der Waals surface area (Å²) < 4.78 is 14.5. The second-order valence-electron chi connectivity index (χ2n) is 3.69. The standard InChI is InChI=1S/C12H12BrFN2S/c13-9-2-1-3-10(14)12(9)11(16-15)6-8-4-5-17-7-8/h1-5,7,11,16H,6,15H2. The Labute approximate surface area is 112 Å². The van der Waals surface area contributed by atoms with E-state index in [9.17, 15) is 4.39 Å². The minimum absolute atomic E-state index is 0.236. The van der Waals surface area contributed by atoms with Crippen molar-refractivity contribution < 1.29 is 4.39 Å². The molecule has 90 valence electrons. The van der Waals surface area contributed by atoms with Crippen LogP contribution in [0.25, 0.3) is 0 Å². The van der Waals surface area contributed by atoms with E-state index in [1.54, 1.807) is 17.4 Å². The maximum absolute atomic E-state index is 13.8. The van der Waals surface area contributed by atoms with Gasteiger partial charge < -0.3 is 0 Å². The Morgan fingerprint density at radius 2 is 2.24 bits per heavy atom. The summed E-state index contributed by atoms with van der Waals surface area (Å²) in [5.41, 5.74) is 4.39. The number of benzene rings is 1. The van der Waals surface area contributed by atoms with Crippen LogP contribution in [0.15, 0.2) is 39.5 Å². The molecule has 3 N–H and O–H groups in total. The third-order valence-electron chi connectivity index (χ3n) is 2.57. The second kappa shape index (κ2) is 5.73. The van der Waals surface area contributed by atoms with E-state index in [4.69, 9.17) is 5.84 Å². The highest BCUT2D eigenvalue weighted by molar-refractivity contribution is 9.10. The lowest BCUT2D eigenvalue weighted by atomic mass is 10.0. The Kier molecular flexibility index (Phi) is 4.28. The average molecular weight is 315 g/mol. The van der Waals surface area contributed by atoms with E-state index < -0.39 is 0 Å². The number of halogens is 2. The Morgan fingerprint density at radius 3 is 2.82 bits per heavy atom. The second-order valence-corrected chi connectivity index (χ2v) is 5.32. The highest BCUT2D eigenvalue weighted by atomic mass is 79.9. The van der Waals surface area contributed by atoms with Crippen molar-refractivity contribution in [3.05, 3.63) is 56.4 Å². The molecule has 0 aliphatic carbocycles. The normalized spacial score (nSPS) is 12.6. The number of nitrogens with two attached hydrogens (primary N) is 1. The first-order valence-electron chi connectivity index (χ1n) is 5.13. The van der Waals surface area contributed by atoms with Crippen molar-refractivity contribution in [2.24, 2.45) is 5.84 Å². The van der Waals surface area contributed by atoms with E-state index in [0.29, 0.717) is 12.0 Å². The molecule has 0 fully saturated rings. The fourth-order valence-electron chi connectivity index (χ4n) is 1.73. The first-order chi connectivity index (χ1) is 8.22. The molecule has 2 nitrogen and oxygen atoms in total. The molecule has 1 aromatic carbocycles. The average Bonchev–Trinajstić information content (AvgIpc) is 2.80. The lowest BCUT2D eigenvalue weighted by Crippen LogP contribution is -2.30. The van der Waals surface area contributed by atoms with Crippen molar-refractivity contribution >= 4 is 27.3 Å². The Balaban J connectivity index is 2.29. The molecule has 1 atom stereocenters. The number of nitrogens with one attached hydrogen (secondary N) is 1. The molecule has 1 heterocycles. The van der Waals surface area contributed by atoms with Crippen LogP contribution in [0, 0.1) is 5.82 Å². The third kappa shape index (κ3) is 2.93. The smallest absolute Gasteiger partial charge is 0.129 e. The van der Waals surface area contributed by atoms with Gasteiger partial charge in [0, 0.05) is 10.0 Å². The fraction of sp³-hybridized carbons (Fsp3) is 0.167. The zero-order valence-corrected chi connectivity index (χ0v) is 11.4.